The summed E-state index contributed by atoms with van der Waals surface area (Å²) in [6.45, 7) is 20.9. The number of amides is 1. The van der Waals surface area contributed by atoms with Gasteiger partial charge in [-0.15, -0.1) is 0 Å². The number of hydrogen-bond donors (Lipinski definition) is 2. The number of Topliss-reactive ketones (excluding diaryl/α,β-unsaturated/α-hetero) is 2. The number of ether oxygens (including phenoxy) is 2. The zero-order valence-corrected chi connectivity index (χ0v) is 36.7. The molecule has 1 fully saturated rings. The van der Waals surface area contributed by atoms with Gasteiger partial charge in [0.2, 0.25) is 17.5 Å². The maximum absolute atomic E-state index is 15.7. The number of halogens is 1. The molecule has 0 aromatic carbocycles. The molecule has 54 heavy (non-hydrogen) atoms. The quantitative estimate of drug-likeness (QED) is 0.0862. The van der Waals surface area contributed by atoms with Crippen molar-refractivity contribution >= 4 is 53.3 Å². The minimum atomic E-state index is -2.89. The first-order valence-electron chi connectivity index (χ1n) is 19.3. The van der Waals surface area contributed by atoms with Crippen molar-refractivity contribution in [1.29, 1.82) is 0 Å². The zero-order valence-electron chi connectivity index (χ0n) is 34.1. The number of aliphatic hydroxyl groups is 1. The van der Waals surface area contributed by atoms with Crippen LogP contribution in [0.3, 0.4) is 0 Å². The molecule has 2 aromatic heterocycles. The highest BCUT2D eigenvalue weighted by Gasteiger charge is 2.69. The molecular weight excluding hydrogens is 772 g/mol. The van der Waals surface area contributed by atoms with Crippen molar-refractivity contribution in [1.82, 2.24) is 15.0 Å². The average molecular weight is 832 g/mol. The second-order valence-corrected chi connectivity index (χ2v) is 23.5. The van der Waals surface area contributed by atoms with Gasteiger partial charge >= 0.3 is 0 Å². The molecule has 3 aliphatic rings. The molecule has 0 aliphatic heterocycles. The Morgan fingerprint density at radius 2 is 1.67 bits per heavy atom. The van der Waals surface area contributed by atoms with Crippen molar-refractivity contribution < 1.29 is 37.9 Å². The van der Waals surface area contributed by atoms with E-state index in [1.54, 1.807) is 0 Å². The van der Waals surface area contributed by atoms with Crippen molar-refractivity contribution in [3.63, 3.8) is 0 Å². The van der Waals surface area contributed by atoms with Gasteiger partial charge in [0.1, 0.15) is 15.9 Å². The van der Waals surface area contributed by atoms with Gasteiger partial charge < -0.3 is 28.8 Å². The highest BCUT2D eigenvalue weighted by Crippen LogP contribution is 2.59. The summed E-state index contributed by atoms with van der Waals surface area (Å²) in [6.07, 6.45) is 4.06. The number of anilines is 1. The fourth-order valence-electron chi connectivity index (χ4n) is 7.64. The maximum Gasteiger partial charge on any atom is 0.265 e. The van der Waals surface area contributed by atoms with E-state index in [0.717, 1.165) is 19.3 Å². The van der Waals surface area contributed by atoms with Crippen LogP contribution in [0.2, 0.25) is 18.1 Å². The lowest BCUT2D eigenvalue weighted by atomic mass is 9.57. The van der Waals surface area contributed by atoms with Gasteiger partial charge in [0, 0.05) is 23.5 Å². The minimum absolute atomic E-state index is 0.0475. The fraction of sp³-hybridized carbons (Fsp3) is 0.675. The van der Waals surface area contributed by atoms with E-state index in [0.29, 0.717) is 48.4 Å². The summed E-state index contributed by atoms with van der Waals surface area (Å²) < 4.78 is 26.0. The van der Waals surface area contributed by atoms with E-state index >= 15 is 9.59 Å². The summed E-state index contributed by atoms with van der Waals surface area (Å²) in [5.74, 6) is -2.13. The number of ketones is 2. The van der Waals surface area contributed by atoms with Crippen LogP contribution in [0.5, 0.6) is 11.6 Å². The molecule has 0 spiro atoms. The van der Waals surface area contributed by atoms with Crippen molar-refractivity contribution in [2.75, 3.05) is 32.6 Å². The van der Waals surface area contributed by atoms with Crippen LogP contribution in [0.1, 0.15) is 127 Å². The second kappa shape index (κ2) is 15.5. The van der Waals surface area contributed by atoms with Crippen LogP contribution >= 0.6 is 15.9 Å². The van der Waals surface area contributed by atoms with E-state index in [-0.39, 0.29) is 62.7 Å². The number of rotatable bonds is 13. The molecule has 0 radical (unpaired) electrons. The highest BCUT2D eigenvalue weighted by atomic mass is 79.9. The molecule has 4 atom stereocenters. The molecule has 0 unspecified atom stereocenters. The van der Waals surface area contributed by atoms with Gasteiger partial charge in [-0.1, -0.05) is 68.2 Å². The predicted molar refractivity (Wildman–Crippen MR) is 214 cm³/mol. The normalized spacial score (nSPS) is 22.8. The number of unbranched alkanes of at least 4 members (excludes halogenated alkanes) is 2. The Labute approximate surface area is 329 Å². The van der Waals surface area contributed by atoms with E-state index < -0.39 is 43.4 Å². The lowest BCUT2D eigenvalue weighted by Crippen LogP contribution is -2.68. The third kappa shape index (κ3) is 7.56. The standard InChI is InChI=1S/C40H59BrN4O8Si/c1-13-15-17-50-32-27-23(35(41)43-36(32)42-25(46)21-38(3,4)5)19-22-20-24-29(45(9)10)31-28(37(44-52-31)51-18-16-14-2)34(49)40(24,33(48)26(22)30(27)47)53-54(11,12)39(6,7)8/h22,24,29,47H,13-21H2,1-12H3,(H,42,43,46)/t22-,24-,29-,40-/m0/s1. The van der Waals surface area contributed by atoms with E-state index in [2.05, 4.69) is 47.2 Å². The van der Waals surface area contributed by atoms with Crippen LogP contribution in [0.4, 0.5) is 5.82 Å². The summed E-state index contributed by atoms with van der Waals surface area (Å²) in [4.78, 5) is 51.0. The van der Waals surface area contributed by atoms with Crippen LogP contribution < -0.4 is 14.8 Å². The Kier molecular flexibility index (Phi) is 12.0. The number of aliphatic hydroxyl groups excluding tert-OH is 1. The van der Waals surface area contributed by atoms with Crippen molar-refractivity contribution in [2.24, 2.45) is 17.3 Å². The molecule has 0 bridgehead atoms. The minimum Gasteiger partial charge on any atom is -0.507 e. The third-order valence-electron chi connectivity index (χ3n) is 11.3. The summed E-state index contributed by atoms with van der Waals surface area (Å²) in [5.41, 5.74) is -1.14. The van der Waals surface area contributed by atoms with Gasteiger partial charge in [0.15, 0.2) is 31.2 Å². The molecule has 2 N–H and O–H groups in total. The Bertz CT molecular complexity index is 1820. The number of nitrogens with zero attached hydrogens (tertiary/aromatic N) is 3. The van der Waals surface area contributed by atoms with Crippen molar-refractivity contribution in [2.45, 2.75) is 130 Å². The third-order valence-corrected chi connectivity index (χ3v) is 16.4. The largest absolute Gasteiger partial charge is 0.507 e. The lowest BCUT2D eigenvalue weighted by molar-refractivity contribution is -0.140. The summed E-state index contributed by atoms with van der Waals surface area (Å²) in [7, 11) is 0.887. The van der Waals surface area contributed by atoms with Gasteiger partial charge in [-0.25, -0.2) is 4.98 Å². The Hall–Kier alpha value is -3.07. The van der Waals surface area contributed by atoms with E-state index in [1.165, 1.54) is 0 Å². The number of hydrogen-bond acceptors (Lipinski definition) is 11. The fourth-order valence-corrected chi connectivity index (χ4v) is 9.63. The Balaban J connectivity index is 1.77. The number of nitrogens with one attached hydrogen (secondary N) is 1. The molecule has 2 heterocycles. The molecule has 2 aromatic rings. The van der Waals surface area contributed by atoms with Crippen molar-refractivity contribution in [3.8, 4) is 11.6 Å². The lowest BCUT2D eigenvalue weighted by Gasteiger charge is -2.55. The number of carbonyl (C=O) groups excluding carboxylic acids is 3. The molecule has 298 valence electrons. The average Bonchev–Trinajstić information content (AvgIpc) is 3.45. The number of fused-ring (bicyclic) bond motifs is 4. The smallest absolute Gasteiger partial charge is 0.265 e. The predicted octanol–water partition coefficient (Wildman–Crippen LogP) is 8.85. The van der Waals surface area contributed by atoms with Crippen LogP contribution in [0.15, 0.2) is 14.7 Å². The monoisotopic (exact) mass is 830 g/mol. The van der Waals surface area contributed by atoms with E-state index in [4.69, 9.17) is 23.4 Å². The first-order chi connectivity index (χ1) is 25.1. The van der Waals surface area contributed by atoms with Gasteiger partial charge in [-0.3, -0.25) is 19.3 Å². The molecule has 3 aliphatic carbocycles. The first kappa shape index (κ1) is 42.1. The van der Waals surface area contributed by atoms with Gasteiger partial charge in [0.25, 0.3) is 5.88 Å². The van der Waals surface area contributed by atoms with Gasteiger partial charge in [-0.05, 0) is 90.3 Å². The summed E-state index contributed by atoms with van der Waals surface area (Å²) >= 11 is 3.64. The molecule has 12 nitrogen and oxygen atoms in total. The maximum atomic E-state index is 15.7. The zero-order chi connectivity index (χ0) is 40.1. The first-order valence-corrected chi connectivity index (χ1v) is 23.0. The van der Waals surface area contributed by atoms with Gasteiger partial charge in [-0.2, -0.15) is 0 Å². The number of carbonyl (C=O) groups is 3. The highest BCUT2D eigenvalue weighted by molar-refractivity contribution is 9.10. The molecule has 14 heteroatoms. The topological polar surface area (TPSA) is 153 Å². The summed E-state index contributed by atoms with van der Waals surface area (Å²) in [6, 6.07) is -0.567. The SMILES string of the molecule is CCCCOc1noc2c1C(=O)[C@@]1(O[Si](C)(C)C(C)(C)C)C(=O)C3=C(O)c4c(c(Br)nc(NC(=O)CC(C)(C)C)c4OCCCC)C[C@H]3C[C@H]1[C@@H]2N(C)C. The van der Waals surface area contributed by atoms with E-state index in [9.17, 15) is 9.90 Å². The molecule has 1 saturated carbocycles. The number of pyridine rings is 1. The second-order valence-electron chi connectivity index (χ2n) is 18.0. The van der Waals surface area contributed by atoms with Gasteiger partial charge in [0.05, 0.1) is 24.8 Å². The number of aromatic nitrogens is 2. The molecule has 5 rings (SSSR count). The molecule has 0 saturated heterocycles. The Morgan fingerprint density at radius 1 is 1.04 bits per heavy atom. The molecular formula is C40H59BrN4O8Si. The van der Waals surface area contributed by atoms with E-state index in [1.807, 2.05) is 66.7 Å². The van der Waals surface area contributed by atoms with Crippen LogP contribution in [-0.2, 0) is 20.4 Å². The van der Waals surface area contributed by atoms with Crippen LogP contribution in [0, 0.1) is 17.3 Å². The van der Waals surface area contributed by atoms with Crippen LogP contribution in [0.25, 0.3) is 5.76 Å². The van der Waals surface area contributed by atoms with Crippen molar-refractivity contribution in [3.05, 3.63) is 32.6 Å². The van der Waals surface area contributed by atoms with Crippen LogP contribution in [-0.4, -0.2) is 78.8 Å². The molecule has 1 amide bonds. The summed E-state index contributed by atoms with van der Waals surface area (Å²) in [5, 5.41) is 19.3. The Morgan fingerprint density at radius 3 is 2.24 bits per heavy atom.